The minimum atomic E-state index is 0.774. The van der Waals surface area contributed by atoms with Gasteiger partial charge in [0, 0.05) is 24.0 Å². The van der Waals surface area contributed by atoms with Crippen LogP contribution >= 0.6 is 15.9 Å². The molecule has 3 nitrogen and oxygen atoms in total. The van der Waals surface area contributed by atoms with E-state index in [4.69, 9.17) is 0 Å². The van der Waals surface area contributed by atoms with Gasteiger partial charge in [0.1, 0.15) is 0 Å². The highest BCUT2D eigenvalue weighted by molar-refractivity contribution is 9.08. The Hall–Kier alpha value is -0.900. The van der Waals surface area contributed by atoms with E-state index in [9.17, 15) is 0 Å². The van der Waals surface area contributed by atoms with Crippen molar-refractivity contribution in [3.63, 3.8) is 0 Å². The molecule has 0 fully saturated rings. The van der Waals surface area contributed by atoms with Gasteiger partial charge in [-0.15, -0.1) is 0 Å². The highest BCUT2D eigenvalue weighted by Crippen LogP contribution is 2.16. The molecule has 0 saturated carbocycles. The number of rotatable bonds is 1. The molecular formula is C8H8BrN3. The summed E-state index contributed by atoms with van der Waals surface area (Å²) in [6.45, 7) is 0. The molecule has 2 aromatic rings. The van der Waals surface area contributed by atoms with E-state index in [0.717, 1.165) is 22.1 Å². The van der Waals surface area contributed by atoms with Gasteiger partial charge < -0.3 is 0 Å². The molecule has 0 unspecified atom stereocenters. The molecule has 62 valence electrons. The van der Waals surface area contributed by atoms with Crippen molar-refractivity contribution in [1.82, 2.24) is 14.8 Å². The third kappa shape index (κ3) is 1.03. The number of nitrogens with zero attached hydrogens (tertiary/aromatic N) is 3. The summed E-state index contributed by atoms with van der Waals surface area (Å²) in [7, 11) is 1.90. The largest absolute Gasteiger partial charge is 0.250 e. The van der Waals surface area contributed by atoms with Crippen LogP contribution in [0.15, 0.2) is 18.3 Å². The number of halogens is 1. The minimum absolute atomic E-state index is 0.774. The van der Waals surface area contributed by atoms with E-state index in [2.05, 4.69) is 26.0 Å². The summed E-state index contributed by atoms with van der Waals surface area (Å²) in [4.78, 5) is 4.23. The lowest BCUT2D eigenvalue weighted by Gasteiger charge is -1.89. The summed E-state index contributed by atoms with van der Waals surface area (Å²) in [5.41, 5.74) is 1.98. The van der Waals surface area contributed by atoms with Gasteiger partial charge in [-0.1, -0.05) is 15.9 Å². The molecule has 0 saturated heterocycles. The van der Waals surface area contributed by atoms with Crippen molar-refractivity contribution in [2.24, 2.45) is 7.05 Å². The second kappa shape index (κ2) is 2.86. The molecule has 12 heavy (non-hydrogen) atoms. The number of fused-ring (bicyclic) bond motifs is 1. The predicted octanol–water partition coefficient (Wildman–Crippen LogP) is 1.86. The number of alkyl halides is 1. The summed E-state index contributed by atoms with van der Waals surface area (Å²) in [6.07, 6.45) is 1.78. The molecule has 0 aliphatic heterocycles. The van der Waals surface area contributed by atoms with Crippen LogP contribution in [0.1, 0.15) is 5.69 Å². The Bertz CT molecular complexity index is 408. The molecule has 2 aromatic heterocycles. The van der Waals surface area contributed by atoms with Gasteiger partial charge in [0.2, 0.25) is 0 Å². The Morgan fingerprint density at radius 2 is 2.42 bits per heavy atom. The normalized spacial score (nSPS) is 10.8. The number of pyridine rings is 1. The molecule has 0 aliphatic carbocycles. The maximum Gasteiger partial charge on any atom is 0.157 e. The van der Waals surface area contributed by atoms with Crippen molar-refractivity contribution in [2.45, 2.75) is 5.33 Å². The Kier molecular flexibility index (Phi) is 1.84. The van der Waals surface area contributed by atoms with Gasteiger partial charge in [0.05, 0.1) is 5.69 Å². The van der Waals surface area contributed by atoms with Gasteiger partial charge in [0.15, 0.2) is 5.65 Å². The van der Waals surface area contributed by atoms with Crippen molar-refractivity contribution in [1.29, 1.82) is 0 Å². The van der Waals surface area contributed by atoms with Crippen LogP contribution in [0.4, 0.5) is 0 Å². The average molecular weight is 226 g/mol. The number of aromatic nitrogens is 3. The first-order chi connectivity index (χ1) is 5.83. The third-order valence-corrected chi connectivity index (χ3v) is 2.33. The van der Waals surface area contributed by atoms with Crippen molar-refractivity contribution in [3.8, 4) is 0 Å². The Morgan fingerprint density at radius 3 is 3.17 bits per heavy atom. The fraction of sp³-hybridized carbons (Fsp3) is 0.250. The molecule has 0 aliphatic rings. The van der Waals surface area contributed by atoms with Crippen LogP contribution in [0.2, 0.25) is 0 Å². The summed E-state index contributed by atoms with van der Waals surface area (Å²) in [6, 6.07) is 3.96. The van der Waals surface area contributed by atoms with Gasteiger partial charge in [-0.2, -0.15) is 5.10 Å². The molecule has 2 heterocycles. The zero-order chi connectivity index (χ0) is 8.55. The second-order valence-corrected chi connectivity index (χ2v) is 3.14. The Balaban J connectivity index is 2.82. The molecule has 4 heteroatoms. The van der Waals surface area contributed by atoms with Crippen molar-refractivity contribution in [3.05, 3.63) is 24.0 Å². The zero-order valence-electron chi connectivity index (χ0n) is 6.66. The minimum Gasteiger partial charge on any atom is -0.250 e. The number of hydrogen-bond acceptors (Lipinski definition) is 2. The van der Waals surface area contributed by atoms with Gasteiger partial charge in [-0.05, 0) is 12.1 Å². The Labute approximate surface area is 78.5 Å². The monoisotopic (exact) mass is 225 g/mol. The highest BCUT2D eigenvalue weighted by atomic mass is 79.9. The topological polar surface area (TPSA) is 30.7 Å². The fourth-order valence-corrected chi connectivity index (χ4v) is 1.68. The molecule has 0 aromatic carbocycles. The second-order valence-electron chi connectivity index (χ2n) is 2.58. The van der Waals surface area contributed by atoms with Gasteiger partial charge in [0.25, 0.3) is 0 Å². The first-order valence-electron chi connectivity index (χ1n) is 3.65. The van der Waals surface area contributed by atoms with Crippen molar-refractivity contribution >= 4 is 27.0 Å². The van der Waals surface area contributed by atoms with E-state index in [1.807, 2.05) is 19.2 Å². The number of aryl methyl sites for hydroxylation is 1. The first kappa shape index (κ1) is 7.73. The van der Waals surface area contributed by atoms with Crippen LogP contribution in [-0.4, -0.2) is 14.8 Å². The summed E-state index contributed by atoms with van der Waals surface area (Å²) in [5, 5.41) is 6.21. The van der Waals surface area contributed by atoms with Crippen LogP contribution in [0.5, 0.6) is 0 Å². The molecule has 0 spiro atoms. The fourth-order valence-electron chi connectivity index (χ4n) is 1.26. The summed E-state index contributed by atoms with van der Waals surface area (Å²) >= 11 is 3.39. The van der Waals surface area contributed by atoms with E-state index < -0.39 is 0 Å². The molecular weight excluding hydrogens is 218 g/mol. The predicted molar refractivity (Wildman–Crippen MR) is 51.1 cm³/mol. The lowest BCUT2D eigenvalue weighted by molar-refractivity contribution is 0.772. The van der Waals surface area contributed by atoms with Crippen molar-refractivity contribution < 1.29 is 0 Å². The summed E-state index contributed by atoms with van der Waals surface area (Å²) in [5.74, 6) is 0. The van der Waals surface area contributed by atoms with E-state index in [0.29, 0.717) is 0 Å². The first-order valence-corrected chi connectivity index (χ1v) is 4.77. The zero-order valence-corrected chi connectivity index (χ0v) is 8.24. The maximum atomic E-state index is 4.32. The molecule has 2 rings (SSSR count). The van der Waals surface area contributed by atoms with Crippen LogP contribution in [0.3, 0.4) is 0 Å². The van der Waals surface area contributed by atoms with Crippen molar-refractivity contribution in [2.75, 3.05) is 0 Å². The van der Waals surface area contributed by atoms with Crippen LogP contribution in [0, 0.1) is 0 Å². The molecule has 0 amide bonds. The van der Waals surface area contributed by atoms with E-state index in [1.54, 1.807) is 10.9 Å². The maximum absolute atomic E-state index is 4.32. The van der Waals surface area contributed by atoms with Gasteiger partial charge in [-0.25, -0.2) is 4.98 Å². The van der Waals surface area contributed by atoms with Crippen LogP contribution in [0.25, 0.3) is 11.0 Å². The standard InChI is InChI=1S/C8H8BrN3/c1-12-8-6(3-2-4-10-8)7(5-9)11-12/h2-4H,5H2,1H3. The van der Waals surface area contributed by atoms with Crippen LogP contribution < -0.4 is 0 Å². The lowest BCUT2D eigenvalue weighted by atomic mass is 10.3. The van der Waals surface area contributed by atoms with E-state index >= 15 is 0 Å². The molecule has 0 atom stereocenters. The van der Waals surface area contributed by atoms with Gasteiger partial charge >= 0.3 is 0 Å². The van der Waals surface area contributed by atoms with E-state index in [1.165, 1.54) is 0 Å². The van der Waals surface area contributed by atoms with E-state index in [-0.39, 0.29) is 0 Å². The summed E-state index contributed by atoms with van der Waals surface area (Å²) < 4.78 is 1.80. The molecule has 0 N–H and O–H groups in total. The third-order valence-electron chi connectivity index (χ3n) is 1.80. The molecule has 0 bridgehead atoms. The lowest BCUT2D eigenvalue weighted by Crippen LogP contribution is -1.91. The molecule has 0 radical (unpaired) electrons. The highest BCUT2D eigenvalue weighted by Gasteiger charge is 2.06. The Morgan fingerprint density at radius 1 is 1.58 bits per heavy atom. The van der Waals surface area contributed by atoms with Gasteiger partial charge in [-0.3, -0.25) is 4.68 Å². The quantitative estimate of drug-likeness (QED) is 0.695. The smallest absolute Gasteiger partial charge is 0.157 e. The number of hydrogen-bond donors (Lipinski definition) is 0. The van der Waals surface area contributed by atoms with Crippen LogP contribution in [-0.2, 0) is 12.4 Å². The average Bonchev–Trinajstić information content (AvgIpc) is 2.44. The SMILES string of the molecule is Cn1nc(CBr)c2cccnc21.